The van der Waals surface area contributed by atoms with Crippen molar-refractivity contribution in [2.45, 2.75) is 13.0 Å². The highest BCUT2D eigenvalue weighted by molar-refractivity contribution is 9.10. The molecule has 0 spiro atoms. The topological polar surface area (TPSA) is 20.2 Å². The van der Waals surface area contributed by atoms with Crippen molar-refractivity contribution < 1.29 is 5.11 Å². The molecule has 0 saturated carbocycles. The lowest BCUT2D eigenvalue weighted by molar-refractivity contribution is 0.220. The highest BCUT2D eigenvalue weighted by atomic mass is 79.9. The fourth-order valence-corrected chi connectivity index (χ4v) is 2.57. The van der Waals surface area contributed by atoms with E-state index in [-0.39, 0.29) is 0 Å². The van der Waals surface area contributed by atoms with Crippen LogP contribution in [-0.4, -0.2) is 5.11 Å². The number of aliphatic hydroxyl groups is 1. The third-order valence-corrected chi connectivity index (χ3v) is 3.59. The SMILES string of the molecule is Cc1ccc(Br)cc1C(O)c1ccsc1. The van der Waals surface area contributed by atoms with Crippen molar-refractivity contribution in [1.82, 2.24) is 0 Å². The van der Waals surface area contributed by atoms with Crippen molar-refractivity contribution in [1.29, 1.82) is 0 Å². The molecule has 0 fully saturated rings. The van der Waals surface area contributed by atoms with Gasteiger partial charge < -0.3 is 5.11 Å². The van der Waals surface area contributed by atoms with Crippen molar-refractivity contribution in [2.75, 3.05) is 0 Å². The van der Waals surface area contributed by atoms with Gasteiger partial charge in [0.1, 0.15) is 6.10 Å². The number of rotatable bonds is 2. The third-order valence-electron chi connectivity index (χ3n) is 2.39. The molecular formula is C12H11BrOS. The highest BCUT2D eigenvalue weighted by Gasteiger charge is 2.13. The minimum Gasteiger partial charge on any atom is -0.384 e. The number of halogens is 1. The van der Waals surface area contributed by atoms with Crippen molar-refractivity contribution in [3.63, 3.8) is 0 Å². The van der Waals surface area contributed by atoms with Crippen LogP contribution in [0.2, 0.25) is 0 Å². The lowest BCUT2D eigenvalue weighted by Gasteiger charge is -2.12. The molecule has 1 heterocycles. The maximum atomic E-state index is 10.2. The fraction of sp³-hybridized carbons (Fsp3) is 0.167. The van der Waals surface area contributed by atoms with E-state index < -0.39 is 6.10 Å². The predicted molar refractivity (Wildman–Crippen MR) is 67.3 cm³/mol. The van der Waals surface area contributed by atoms with Crippen LogP contribution >= 0.6 is 27.3 Å². The summed E-state index contributed by atoms with van der Waals surface area (Å²) < 4.78 is 0.998. The zero-order chi connectivity index (χ0) is 10.8. The van der Waals surface area contributed by atoms with Crippen molar-refractivity contribution in [3.8, 4) is 0 Å². The number of aliphatic hydroxyl groups excluding tert-OH is 1. The summed E-state index contributed by atoms with van der Waals surface area (Å²) in [6, 6.07) is 7.92. The van der Waals surface area contributed by atoms with Gasteiger partial charge in [0.25, 0.3) is 0 Å². The molecule has 1 nitrogen and oxygen atoms in total. The standard InChI is InChI=1S/C12H11BrOS/c1-8-2-3-10(13)6-11(8)12(14)9-4-5-15-7-9/h2-7,12,14H,1H3. The van der Waals surface area contributed by atoms with Crippen LogP contribution in [0.5, 0.6) is 0 Å². The molecule has 0 bridgehead atoms. The summed E-state index contributed by atoms with van der Waals surface area (Å²) in [4.78, 5) is 0. The van der Waals surface area contributed by atoms with E-state index in [0.29, 0.717) is 0 Å². The van der Waals surface area contributed by atoms with E-state index in [9.17, 15) is 5.11 Å². The van der Waals surface area contributed by atoms with E-state index in [1.165, 1.54) is 0 Å². The molecule has 1 aromatic carbocycles. The second kappa shape index (κ2) is 4.47. The monoisotopic (exact) mass is 282 g/mol. The minimum absolute atomic E-state index is 0.520. The summed E-state index contributed by atoms with van der Waals surface area (Å²) in [5.41, 5.74) is 3.03. The predicted octanol–water partition coefficient (Wildman–Crippen LogP) is 3.90. The quantitative estimate of drug-likeness (QED) is 0.886. The lowest BCUT2D eigenvalue weighted by Crippen LogP contribution is -2.00. The number of benzene rings is 1. The van der Waals surface area contributed by atoms with Gasteiger partial charge in [0.15, 0.2) is 0 Å². The number of thiophene rings is 1. The van der Waals surface area contributed by atoms with Crippen molar-refractivity contribution in [2.24, 2.45) is 0 Å². The summed E-state index contributed by atoms with van der Waals surface area (Å²) in [7, 11) is 0. The second-order valence-corrected chi connectivity index (χ2v) is 5.16. The average Bonchev–Trinajstić information content (AvgIpc) is 2.74. The molecule has 0 radical (unpaired) electrons. The van der Waals surface area contributed by atoms with Crippen LogP contribution in [0.1, 0.15) is 22.8 Å². The fourth-order valence-electron chi connectivity index (χ4n) is 1.52. The average molecular weight is 283 g/mol. The highest BCUT2D eigenvalue weighted by Crippen LogP contribution is 2.28. The molecule has 0 aliphatic rings. The van der Waals surface area contributed by atoms with E-state index in [0.717, 1.165) is 21.2 Å². The molecule has 2 rings (SSSR count). The van der Waals surface area contributed by atoms with Crippen LogP contribution in [0.3, 0.4) is 0 Å². The molecular weight excluding hydrogens is 272 g/mol. The summed E-state index contributed by atoms with van der Waals surface area (Å²) in [6.07, 6.45) is -0.520. The Balaban J connectivity index is 2.41. The van der Waals surface area contributed by atoms with Gasteiger partial charge in [0.2, 0.25) is 0 Å². The Morgan fingerprint density at radius 2 is 2.13 bits per heavy atom. The Morgan fingerprint density at radius 3 is 2.80 bits per heavy atom. The van der Waals surface area contributed by atoms with Crippen molar-refractivity contribution in [3.05, 3.63) is 56.2 Å². The second-order valence-electron chi connectivity index (χ2n) is 3.46. The molecule has 78 valence electrons. The molecule has 1 atom stereocenters. The summed E-state index contributed by atoms with van der Waals surface area (Å²) >= 11 is 5.02. The first-order chi connectivity index (χ1) is 7.18. The van der Waals surface area contributed by atoms with Gasteiger partial charge in [-0.1, -0.05) is 22.0 Å². The molecule has 0 aliphatic heterocycles. The van der Waals surface area contributed by atoms with E-state index >= 15 is 0 Å². The van der Waals surface area contributed by atoms with Gasteiger partial charge in [0, 0.05) is 4.47 Å². The van der Waals surface area contributed by atoms with Crippen LogP contribution in [0.15, 0.2) is 39.5 Å². The van der Waals surface area contributed by atoms with Gasteiger partial charge in [-0.15, -0.1) is 0 Å². The van der Waals surface area contributed by atoms with Crippen LogP contribution in [0.25, 0.3) is 0 Å². The van der Waals surface area contributed by atoms with E-state index in [4.69, 9.17) is 0 Å². The Kier molecular flexibility index (Phi) is 3.24. The summed E-state index contributed by atoms with van der Waals surface area (Å²) in [5, 5.41) is 14.1. The molecule has 3 heteroatoms. The van der Waals surface area contributed by atoms with Gasteiger partial charge in [-0.2, -0.15) is 11.3 Å². The molecule has 0 saturated heterocycles. The largest absolute Gasteiger partial charge is 0.384 e. The van der Waals surface area contributed by atoms with Gasteiger partial charge in [-0.3, -0.25) is 0 Å². The van der Waals surface area contributed by atoms with E-state index in [1.54, 1.807) is 11.3 Å². The Hall–Kier alpha value is -0.640. The van der Waals surface area contributed by atoms with Gasteiger partial charge in [-0.25, -0.2) is 0 Å². The molecule has 1 unspecified atom stereocenters. The van der Waals surface area contributed by atoms with Crippen LogP contribution < -0.4 is 0 Å². The number of hydrogen-bond donors (Lipinski definition) is 1. The first kappa shape index (κ1) is 10.9. The van der Waals surface area contributed by atoms with Gasteiger partial charge in [-0.05, 0) is 52.6 Å². The maximum Gasteiger partial charge on any atom is 0.105 e. The normalized spacial score (nSPS) is 12.7. The summed E-state index contributed by atoms with van der Waals surface area (Å²) in [5.74, 6) is 0. The smallest absolute Gasteiger partial charge is 0.105 e. The Bertz CT molecular complexity index is 451. The maximum absolute atomic E-state index is 10.2. The molecule has 0 amide bonds. The molecule has 15 heavy (non-hydrogen) atoms. The van der Waals surface area contributed by atoms with Crippen LogP contribution in [0.4, 0.5) is 0 Å². The minimum atomic E-state index is -0.520. The first-order valence-electron chi connectivity index (χ1n) is 4.64. The zero-order valence-corrected chi connectivity index (χ0v) is 10.7. The number of aryl methyl sites for hydroxylation is 1. The van der Waals surface area contributed by atoms with Crippen LogP contribution in [0, 0.1) is 6.92 Å². The van der Waals surface area contributed by atoms with E-state index in [1.807, 2.05) is 41.9 Å². The van der Waals surface area contributed by atoms with Gasteiger partial charge in [0.05, 0.1) is 0 Å². The first-order valence-corrected chi connectivity index (χ1v) is 6.38. The molecule has 0 aliphatic carbocycles. The Morgan fingerprint density at radius 1 is 1.33 bits per heavy atom. The van der Waals surface area contributed by atoms with Crippen molar-refractivity contribution >= 4 is 27.3 Å². The summed E-state index contributed by atoms with van der Waals surface area (Å²) in [6.45, 7) is 2.01. The molecule has 2 aromatic rings. The lowest BCUT2D eigenvalue weighted by atomic mass is 10.00. The van der Waals surface area contributed by atoms with Gasteiger partial charge >= 0.3 is 0 Å². The zero-order valence-electron chi connectivity index (χ0n) is 8.27. The van der Waals surface area contributed by atoms with Crippen LogP contribution in [-0.2, 0) is 0 Å². The Labute approximate surface area is 102 Å². The van der Waals surface area contributed by atoms with E-state index in [2.05, 4.69) is 15.9 Å². The third kappa shape index (κ3) is 2.30. The molecule has 1 aromatic heterocycles. The molecule has 1 N–H and O–H groups in total. The number of hydrogen-bond acceptors (Lipinski definition) is 2.